The van der Waals surface area contributed by atoms with Gasteiger partial charge in [0.25, 0.3) is 0 Å². The third-order valence-corrected chi connectivity index (χ3v) is 9.36. The van der Waals surface area contributed by atoms with E-state index < -0.39 is 17.4 Å². The average molecular weight is 491 g/mol. The van der Waals surface area contributed by atoms with E-state index >= 15 is 0 Å². The molecule has 0 aliphatic carbocycles. The van der Waals surface area contributed by atoms with Gasteiger partial charge in [-0.15, -0.1) is 34.9 Å². The molecular weight excluding hydrogens is 472 g/mol. The number of aliphatic carboxylic acids is 1. The van der Waals surface area contributed by atoms with Gasteiger partial charge in [-0.05, 0) is 17.5 Å². The number of rotatable bonds is 6. The van der Waals surface area contributed by atoms with E-state index in [9.17, 15) is 19.5 Å². The smallest absolute Gasteiger partial charge is 0.313 e. The maximum absolute atomic E-state index is 13.1. The lowest BCUT2D eigenvalue weighted by molar-refractivity contribution is -0.156. The first-order valence-electron chi connectivity index (χ1n) is 9.67. The number of thiophene rings is 1. The highest BCUT2D eigenvalue weighted by Gasteiger charge is 2.59. The Bertz CT molecular complexity index is 1200. The van der Waals surface area contributed by atoms with Crippen molar-refractivity contribution in [3.05, 3.63) is 30.0 Å². The Kier molecular flexibility index (Phi) is 5.34. The lowest BCUT2D eigenvalue weighted by atomic mass is 9.89. The van der Waals surface area contributed by atoms with Crippen LogP contribution in [-0.2, 0) is 14.4 Å². The maximum Gasteiger partial charge on any atom is 0.313 e. The molecule has 2 unspecified atom stereocenters. The molecule has 3 aromatic heterocycles. The zero-order chi connectivity index (χ0) is 22.5. The van der Waals surface area contributed by atoms with Crippen LogP contribution in [0.4, 0.5) is 5.00 Å². The number of carboxylic acid groups (broad SMARTS) is 1. The molecule has 5 rings (SSSR count). The number of carbonyl (C=O) groups excluding carboxylic acids is 2. The summed E-state index contributed by atoms with van der Waals surface area (Å²) in [6.07, 6.45) is 3.02. The SMILES string of the molecule is CC(=O)N(c1cccs1)C1C(=O)N2CC(CSc3ncnc4[nH]ncc34)(C(=O)O)CS[C@H]12. The number of anilines is 1. The van der Waals surface area contributed by atoms with Crippen molar-refractivity contribution in [1.82, 2.24) is 25.1 Å². The molecule has 2 amide bonds. The van der Waals surface area contributed by atoms with Gasteiger partial charge < -0.3 is 10.0 Å². The second kappa shape index (κ2) is 8.05. The van der Waals surface area contributed by atoms with Crippen molar-refractivity contribution in [2.45, 2.75) is 23.4 Å². The number of nitrogens with zero attached hydrogens (tertiary/aromatic N) is 5. The van der Waals surface area contributed by atoms with Crippen LogP contribution in [0.1, 0.15) is 6.92 Å². The zero-order valence-electron chi connectivity index (χ0n) is 16.8. The van der Waals surface area contributed by atoms with Crippen molar-refractivity contribution >= 4 is 68.7 Å². The molecule has 2 N–H and O–H groups in total. The van der Waals surface area contributed by atoms with Crippen molar-refractivity contribution < 1.29 is 19.5 Å². The molecule has 0 aromatic carbocycles. The van der Waals surface area contributed by atoms with Crippen LogP contribution in [0, 0.1) is 5.41 Å². The van der Waals surface area contributed by atoms with E-state index in [0.29, 0.717) is 16.4 Å². The number of thioether (sulfide) groups is 2. The van der Waals surface area contributed by atoms with Gasteiger partial charge in [0.2, 0.25) is 11.8 Å². The molecule has 32 heavy (non-hydrogen) atoms. The molecule has 0 radical (unpaired) electrons. The number of hydrogen-bond donors (Lipinski definition) is 2. The standard InChI is InChI=1S/C19H18N6O4S3/c1-10(26)25(12-3-2-4-30-12)13-16(27)24-6-19(18(28)29,8-32-17(13)24)7-31-15-11-5-22-23-14(11)20-9-21-15/h2-5,9,13,17H,6-8H2,1H3,(H,28,29)(H,20,21,22,23)/t13?,17-,19?/m1/s1. The number of aromatic amines is 1. The molecule has 13 heteroatoms. The van der Waals surface area contributed by atoms with Crippen LogP contribution in [0.25, 0.3) is 11.0 Å². The summed E-state index contributed by atoms with van der Waals surface area (Å²) >= 11 is 4.13. The van der Waals surface area contributed by atoms with Crippen molar-refractivity contribution in [3.63, 3.8) is 0 Å². The molecular formula is C19H18N6O4S3. The van der Waals surface area contributed by atoms with Crippen LogP contribution in [0.2, 0.25) is 0 Å². The zero-order valence-corrected chi connectivity index (χ0v) is 19.2. The molecule has 0 saturated carbocycles. The topological polar surface area (TPSA) is 132 Å². The lowest BCUT2D eigenvalue weighted by Gasteiger charge is -2.55. The first-order valence-corrected chi connectivity index (χ1v) is 12.6. The first-order chi connectivity index (χ1) is 15.4. The van der Waals surface area contributed by atoms with Gasteiger partial charge in [-0.2, -0.15) is 5.10 Å². The van der Waals surface area contributed by atoms with Gasteiger partial charge in [-0.25, -0.2) is 9.97 Å². The van der Waals surface area contributed by atoms with Gasteiger partial charge in [0.15, 0.2) is 5.65 Å². The van der Waals surface area contributed by atoms with Crippen molar-refractivity contribution in [2.24, 2.45) is 5.41 Å². The van der Waals surface area contributed by atoms with Gasteiger partial charge >= 0.3 is 5.97 Å². The third-order valence-electron chi connectivity index (χ3n) is 5.63. The van der Waals surface area contributed by atoms with Crippen LogP contribution in [0.15, 0.2) is 35.1 Å². The molecule has 2 aliphatic rings. The summed E-state index contributed by atoms with van der Waals surface area (Å²) in [6.45, 7) is 1.54. The minimum atomic E-state index is -1.13. The fourth-order valence-electron chi connectivity index (χ4n) is 3.95. The second-order valence-electron chi connectivity index (χ2n) is 7.64. The number of H-pyrrole nitrogens is 1. The fourth-order valence-corrected chi connectivity index (χ4v) is 7.63. The monoisotopic (exact) mass is 490 g/mol. The molecule has 3 atom stereocenters. The van der Waals surface area contributed by atoms with E-state index in [2.05, 4.69) is 20.2 Å². The number of nitrogens with one attached hydrogen (secondary N) is 1. The highest BCUT2D eigenvalue weighted by atomic mass is 32.2. The molecule has 2 saturated heterocycles. The van der Waals surface area contributed by atoms with E-state index in [-0.39, 0.29) is 29.5 Å². The van der Waals surface area contributed by atoms with Crippen molar-refractivity contribution in [1.29, 1.82) is 0 Å². The molecule has 0 spiro atoms. The van der Waals surface area contributed by atoms with Crippen LogP contribution < -0.4 is 4.90 Å². The van der Waals surface area contributed by atoms with Crippen molar-refractivity contribution in [3.8, 4) is 0 Å². The molecule has 2 aliphatic heterocycles. The van der Waals surface area contributed by atoms with E-state index in [1.165, 1.54) is 53.0 Å². The molecule has 3 aromatic rings. The summed E-state index contributed by atoms with van der Waals surface area (Å²) < 4.78 is 0. The minimum Gasteiger partial charge on any atom is -0.481 e. The number of carboxylic acids is 1. The van der Waals surface area contributed by atoms with E-state index in [4.69, 9.17) is 0 Å². The Morgan fingerprint density at radius 2 is 2.28 bits per heavy atom. The molecule has 5 heterocycles. The number of hydrogen-bond acceptors (Lipinski definition) is 9. The summed E-state index contributed by atoms with van der Waals surface area (Å²) in [5.41, 5.74) is -0.541. The highest BCUT2D eigenvalue weighted by molar-refractivity contribution is 8.00. The number of amides is 2. The first kappa shape index (κ1) is 21.2. The highest BCUT2D eigenvalue weighted by Crippen LogP contribution is 2.47. The Morgan fingerprint density at radius 1 is 1.44 bits per heavy atom. The van der Waals surface area contributed by atoms with Crippen molar-refractivity contribution in [2.75, 3.05) is 23.0 Å². The van der Waals surface area contributed by atoms with Gasteiger partial charge in [0.05, 0.1) is 16.6 Å². The lowest BCUT2D eigenvalue weighted by Crippen LogP contribution is -2.74. The molecule has 2 fully saturated rings. The van der Waals surface area contributed by atoms with Crippen LogP contribution in [-0.4, -0.2) is 77.4 Å². The third kappa shape index (κ3) is 3.35. The molecule has 10 nitrogen and oxygen atoms in total. The van der Waals surface area contributed by atoms with Gasteiger partial charge in [-0.3, -0.25) is 24.4 Å². The average Bonchev–Trinajstić information content (AvgIpc) is 3.47. The summed E-state index contributed by atoms with van der Waals surface area (Å²) in [7, 11) is 0. The largest absolute Gasteiger partial charge is 0.481 e. The summed E-state index contributed by atoms with van der Waals surface area (Å²) in [5, 5.41) is 20.5. The quantitative estimate of drug-likeness (QED) is 0.302. The summed E-state index contributed by atoms with van der Waals surface area (Å²) in [4.78, 5) is 49.2. The Morgan fingerprint density at radius 3 is 3.00 bits per heavy atom. The number of fused-ring (bicyclic) bond motifs is 2. The van der Waals surface area contributed by atoms with Gasteiger partial charge in [0.1, 0.15) is 28.2 Å². The predicted molar refractivity (Wildman–Crippen MR) is 122 cm³/mol. The molecule has 166 valence electrons. The van der Waals surface area contributed by atoms with Crippen LogP contribution in [0.3, 0.4) is 0 Å². The normalized spacial score (nSPS) is 24.8. The number of aromatic nitrogens is 4. The van der Waals surface area contributed by atoms with Crippen LogP contribution in [0.5, 0.6) is 0 Å². The molecule has 0 bridgehead atoms. The Balaban J connectivity index is 1.35. The second-order valence-corrected chi connectivity index (χ2v) is 10.6. The predicted octanol–water partition coefficient (Wildman–Crippen LogP) is 1.91. The van der Waals surface area contributed by atoms with E-state index in [0.717, 1.165) is 10.4 Å². The van der Waals surface area contributed by atoms with Gasteiger partial charge in [-0.1, -0.05) is 0 Å². The Labute approximate surface area is 194 Å². The summed E-state index contributed by atoms with van der Waals surface area (Å²) in [5.74, 6) is -0.804. The van der Waals surface area contributed by atoms with Gasteiger partial charge in [0, 0.05) is 25.0 Å². The number of carbonyl (C=O) groups is 3. The Hall–Kier alpha value is -2.64. The minimum absolute atomic E-state index is 0.0954. The fraction of sp³-hybridized carbons (Fsp3) is 0.368. The van der Waals surface area contributed by atoms with E-state index in [1.54, 1.807) is 11.1 Å². The number of β-lactam (4-membered cyclic amide) rings is 1. The maximum atomic E-state index is 13.1. The summed E-state index contributed by atoms with van der Waals surface area (Å²) in [6, 6.07) is 3.04. The van der Waals surface area contributed by atoms with E-state index in [1.807, 2.05) is 17.5 Å². The van der Waals surface area contributed by atoms with Crippen LogP contribution >= 0.6 is 34.9 Å².